The van der Waals surface area contributed by atoms with Crippen LogP contribution in [-0.4, -0.2) is 34.1 Å². The molecule has 2 aromatic rings. The Balaban J connectivity index is 1.80. The van der Waals surface area contributed by atoms with Crippen molar-refractivity contribution < 1.29 is 0 Å². The standard InChI is InChI=1S/C17H24ClN3/c1-13-7-8-15-16(11-13)21(17(12-18)19-15)10-9-20(2)14-5-3-4-6-14/h7-8,11,14H,3-6,9-10,12H2,1-2H3. The minimum atomic E-state index is 0.473. The summed E-state index contributed by atoms with van der Waals surface area (Å²) in [5.74, 6) is 1.46. The maximum atomic E-state index is 6.09. The number of alkyl halides is 1. The van der Waals surface area contributed by atoms with Crippen LogP contribution in [0.4, 0.5) is 0 Å². The summed E-state index contributed by atoms with van der Waals surface area (Å²) in [5.41, 5.74) is 3.54. The van der Waals surface area contributed by atoms with Crippen molar-refractivity contribution in [2.24, 2.45) is 0 Å². The predicted octanol–water partition coefficient (Wildman–Crippen LogP) is 3.96. The first-order valence-corrected chi connectivity index (χ1v) is 8.44. The van der Waals surface area contributed by atoms with Gasteiger partial charge in [-0.2, -0.15) is 0 Å². The van der Waals surface area contributed by atoms with Crippen LogP contribution >= 0.6 is 11.6 Å². The maximum absolute atomic E-state index is 6.09. The Morgan fingerprint density at radius 1 is 1.33 bits per heavy atom. The molecule has 3 nitrogen and oxygen atoms in total. The van der Waals surface area contributed by atoms with Crippen molar-refractivity contribution >= 4 is 22.6 Å². The highest BCUT2D eigenvalue weighted by atomic mass is 35.5. The minimum absolute atomic E-state index is 0.473. The van der Waals surface area contributed by atoms with Gasteiger partial charge in [0.1, 0.15) is 5.82 Å². The molecule has 1 aliphatic rings. The smallest absolute Gasteiger partial charge is 0.124 e. The molecule has 1 fully saturated rings. The Morgan fingerprint density at radius 2 is 2.10 bits per heavy atom. The van der Waals surface area contributed by atoms with E-state index >= 15 is 0 Å². The number of nitrogens with zero attached hydrogens (tertiary/aromatic N) is 3. The summed E-state index contributed by atoms with van der Waals surface area (Å²) in [5, 5.41) is 0. The van der Waals surface area contributed by atoms with Gasteiger partial charge >= 0.3 is 0 Å². The highest BCUT2D eigenvalue weighted by molar-refractivity contribution is 6.16. The topological polar surface area (TPSA) is 21.1 Å². The third kappa shape index (κ3) is 3.09. The quantitative estimate of drug-likeness (QED) is 0.780. The highest BCUT2D eigenvalue weighted by Gasteiger charge is 2.19. The molecule has 1 aliphatic carbocycles. The van der Waals surface area contributed by atoms with Crippen LogP contribution in [0.3, 0.4) is 0 Å². The molecule has 0 bridgehead atoms. The van der Waals surface area contributed by atoms with E-state index in [2.05, 4.69) is 46.6 Å². The molecule has 0 spiro atoms. The van der Waals surface area contributed by atoms with Crippen LogP contribution in [0, 0.1) is 6.92 Å². The number of hydrogen-bond donors (Lipinski definition) is 0. The lowest BCUT2D eigenvalue weighted by Gasteiger charge is -2.24. The van der Waals surface area contributed by atoms with Crippen LogP contribution < -0.4 is 0 Å². The third-order valence-electron chi connectivity index (χ3n) is 4.73. The Bertz CT molecular complexity index is 614. The number of likely N-dealkylation sites (N-methyl/N-ethyl adjacent to an activating group) is 1. The molecule has 0 unspecified atom stereocenters. The van der Waals surface area contributed by atoms with Crippen molar-refractivity contribution in [3.63, 3.8) is 0 Å². The number of rotatable bonds is 5. The lowest BCUT2D eigenvalue weighted by molar-refractivity contribution is 0.236. The number of benzene rings is 1. The fourth-order valence-corrected chi connectivity index (χ4v) is 3.62. The van der Waals surface area contributed by atoms with Crippen LogP contribution in [0.2, 0.25) is 0 Å². The van der Waals surface area contributed by atoms with Gasteiger partial charge in [0.05, 0.1) is 16.9 Å². The predicted molar refractivity (Wildman–Crippen MR) is 88.9 cm³/mol. The fourth-order valence-electron chi connectivity index (χ4n) is 3.42. The van der Waals surface area contributed by atoms with E-state index in [0.29, 0.717) is 5.88 Å². The molecule has 0 atom stereocenters. The van der Waals surface area contributed by atoms with Gasteiger partial charge in [0.25, 0.3) is 0 Å². The number of imidazole rings is 1. The lowest BCUT2D eigenvalue weighted by Crippen LogP contribution is -2.32. The van der Waals surface area contributed by atoms with Gasteiger partial charge in [-0.05, 0) is 44.5 Å². The highest BCUT2D eigenvalue weighted by Crippen LogP contribution is 2.23. The fraction of sp³-hybridized carbons (Fsp3) is 0.588. The summed E-state index contributed by atoms with van der Waals surface area (Å²) >= 11 is 6.09. The van der Waals surface area contributed by atoms with E-state index in [1.807, 2.05) is 0 Å². The van der Waals surface area contributed by atoms with Gasteiger partial charge in [-0.25, -0.2) is 4.98 Å². The molecule has 0 N–H and O–H groups in total. The van der Waals surface area contributed by atoms with Gasteiger partial charge in [-0.1, -0.05) is 18.9 Å². The molecule has 0 radical (unpaired) electrons. The lowest BCUT2D eigenvalue weighted by atomic mass is 10.2. The summed E-state index contributed by atoms with van der Waals surface area (Å²) in [6.45, 7) is 4.16. The van der Waals surface area contributed by atoms with Crippen molar-refractivity contribution in [2.75, 3.05) is 13.6 Å². The molecule has 4 heteroatoms. The van der Waals surface area contributed by atoms with Crippen LogP contribution in [-0.2, 0) is 12.4 Å². The molecule has 0 amide bonds. The van der Waals surface area contributed by atoms with Crippen molar-refractivity contribution in [3.8, 4) is 0 Å². The molecule has 114 valence electrons. The van der Waals surface area contributed by atoms with Gasteiger partial charge in [0, 0.05) is 19.1 Å². The molecule has 1 heterocycles. The van der Waals surface area contributed by atoms with E-state index in [9.17, 15) is 0 Å². The average molecular weight is 306 g/mol. The van der Waals surface area contributed by atoms with Crippen LogP contribution in [0.25, 0.3) is 11.0 Å². The van der Waals surface area contributed by atoms with Crippen molar-refractivity contribution in [2.45, 2.75) is 51.1 Å². The minimum Gasteiger partial charge on any atom is -0.326 e. The van der Waals surface area contributed by atoms with Gasteiger partial charge in [0.15, 0.2) is 0 Å². The zero-order chi connectivity index (χ0) is 14.8. The molecule has 1 aromatic heterocycles. The Hall–Kier alpha value is -1.06. The van der Waals surface area contributed by atoms with Crippen LogP contribution in [0.15, 0.2) is 18.2 Å². The molecule has 3 rings (SSSR count). The number of hydrogen-bond acceptors (Lipinski definition) is 2. The molecule has 0 saturated heterocycles. The van der Waals surface area contributed by atoms with Crippen LogP contribution in [0.5, 0.6) is 0 Å². The second-order valence-electron chi connectivity index (χ2n) is 6.22. The van der Waals surface area contributed by atoms with Crippen molar-refractivity contribution in [1.29, 1.82) is 0 Å². The van der Waals surface area contributed by atoms with Crippen LogP contribution in [0.1, 0.15) is 37.1 Å². The first-order valence-electron chi connectivity index (χ1n) is 7.91. The Labute approximate surface area is 131 Å². The van der Waals surface area contributed by atoms with E-state index in [1.54, 1.807) is 0 Å². The zero-order valence-corrected chi connectivity index (χ0v) is 13.7. The Morgan fingerprint density at radius 3 is 2.81 bits per heavy atom. The number of aryl methyl sites for hydroxylation is 1. The maximum Gasteiger partial charge on any atom is 0.124 e. The van der Waals surface area contributed by atoms with Crippen molar-refractivity contribution in [1.82, 2.24) is 14.5 Å². The van der Waals surface area contributed by atoms with E-state index in [-0.39, 0.29) is 0 Å². The normalized spacial score (nSPS) is 16.4. The first kappa shape index (κ1) is 14.9. The van der Waals surface area contributed by atoms with Crippen molar-refractivity contribution in [3.05, 3.63) is 29.6 Å². The zero-order valence-electron chi connectivity index (χ0n) is 13.0. The molecule has 1 aromatic carbocycles. The van der Waals surface area contributed by atoms with Gasteiger partial charge in [-0.15, -0.1) is 11.6 Å². The van der Waals surface area contributed by atoms with E-state index in [1.165, 1.54) is 36.8 Å². The molecule has 21 heavy (non-hydrogen) atoms. The van der Waals surface area contributed by atoms with Gasteiger partial charge < -0.3 is 9.47 Å². The molecular weight excluding hydrogens is 282 g/mol. The summed E-state index contributed by atoms with van der Waals surface area (Å²) in [7, 11) is 2.25. The third-order valence-corrected chi connectivity index (χ3v) is 4.97. The SMILES string of the molecule is Cc1ccc2nc(CCl)n(CCN(C)C3CCCC3)c2c1. The average Bonchev–Trinajstić information content (AvgIpc) is 3.12. The summed E-state index contributed by atoms with van der Waals surface area (Å²) in [6, 6.07) is 7.19. The molecular formula is C17H24ClN3. The summed E-state index contributed by atoms with van der Waals surface area (Å²) < 4.78 is 2.29. The number of aromatic nitrogens is 2. The number of halogens is 1. The monoisotopic (exact) mass is 305 g/mol. The number of fused-ring (bicyclic) bond motifs is 1. The second kappa shape index (κ2) is 6.37. The van der Waals surface area contributed by atoms with E-state index in [4.69, 9.17) is 11.6 Å². The largest absolute Gasteiger partial charge is 0.326 e. The van der Waals surface area contributed by atoms with Gasteiger partial charge in [-0.3, -0.25) is 0 Å². The summed E-state index contributed by atoms with van der Waals surface area (Å²) in [4.78, 5) is 7.17. The Kier molecular flexibility index (Phi) is 4.51. The second-order valence-corrected chi connectivity index (χ2v) is 6.49. The summed E-state index contributed by atoms with van der Waals surface area (Å²) in [6.07, 6.45) is 5.47. The molecule has 0 aliphatic heterocycles. The van der Waals surface area contributed by atoms with E-state index in [0.717, 1.165) is 30.5 Å². The van der Waals surface area contributed by atoms with E-state index < -0.39 is 0 Å². The first-order chi connectivity index (χ1) is 10.2. The van der Waals surface area contributed by atoms with Gasteiger partial charge in [0.2, 0.25) is 0 Å². The molecule has 1 saturated carbocycles.